The molecule has 2 aromatic rings. The molecule has 1 N–H and O–H groups in total. The maximum atomic E-state index is 10.2. The van der Waals surface area contributed by atoms with E-state index in [1.54, 1.807) is 24.5 Å². The fourth-order valence-corrected chi connectivity index (χ4v) is 2.31. The van der Waals surface area contributed by atoms with E-state index in [1.807, 2.05) is 18.2 Å². The molecule has 4 heteroatoms. The zero-order valence-electron chi connectivity index (χ0n) is 8.98. The highest BCUT2D eigenvalue weighted by Crippen LogP contribution is 2.28. The summed E-state index contributed by atoms with van der Waals surface area (Å²) < 4.78 is 0.864. The van der Waals surface area contributed by atoms with Crippen LogP contribution >= 0.6 is 27.5 Å². The Labute approximate surface area is 113 Å². The van der Waals surface area contributed by atoms with Crippen LogP contribution in [0.5, 0.6) is 0 Å². The number of rotatable bonds is 3. The van der Waals surface area contributed by atoms with Gasteiger partial charge in [0.25, 0.3) is 0 Å². The molecule has 2 rings (SSSR count). The molecule has 1 atom stereocenters. The molecule has 0 saturated heterocycles. The van der Waals surface area contributed by atoms with Crippen molar-refractivity contribution in [1.82, 2.24) is 4.98 Å². The van der Waals surface area contributed by atoms with Gasteiger partial charge in [0.2, 0.25) is 0 Å². The fraction of sp³-hybridized carbons (Fsp3) is 0.154. The molecule has 1 unspecified atom stereocenters. The lowest BCUT2D eigenvalue weighted by atomic mass is 10.0. The molecule has 0 amide bonds. The molecule has 1 aromatic heterocycles. The summed E-state index contributed by atoms with van der Waals surface area (Å²) in [5.41, 5.74) is 1.84. The van der Waals surface area contributed by atoms with Crippen molar-refractivity contribution >= 4 is 27.5 Å². The first-order chi connectivity index (χ1) is 8.16. The summed E-state index contributed by atoms with van der Waals surface area (Å²) in [5, 5.41) is 10.8. The minimum absolute atomic E-state index is 0.543. The molecular weight excluding hydrogens is 302 g/mol. The van der Waals surface area contributed by atoms with E-state index in [4.69, 9.17) is 11.6 Å². The number of hydrogen-bond acceptors (Lipinski definition) is 2. The van der Waals surface area contributed by atoms with Gasteiger partial charge in [0.05, 0.1) is 6.10 Å². The Morgan fingerprint density at radius 3 is 2.65 bits per heavy atom. The second kappa shape index (κ2) is 5.63. The number of aromatic nitrogens is 1. The van der Waals surface area contributed by atoms with Gasteiger partial charge in [0, 0.05) is 28.3 Å². The SMILES string of the molecule is OC(Cc1ccncc1)c1cc(Cl)ccc1Br. The predicted octanol–water partition coefficient (Wildman–Crippen LogP) is 3.77. The van der Waals surface area contributed by atoms with Gasteiger partial charge in [-0.15, -0.1) is 0 Å². The number of pyridine rings is 1. The van der Waals surface area contributed by atoms with E-state index in [1.165, 1.54) is 0 Å². The predicted molar refractivity (Wildman–Crippen MR) is 72.1 cm³/mol. The normalized spacial score (nSPS) is 12.4. The van der Waals surface area contributed by atoms with Crippen LogP contribution in [0.4, 0.5) is 0 Å². The van der Waals surface area contributed by atoms with Crippen molar-refractivity contribution in [2.24, 2.45) is 0 Å². The van der Waals surface area contributed by atoms with Crippen molar-refractivity contribution < 1.29 is 5.11 Å². The standard InChI is InChI=1S/C13H11BrClNO/c14-12-2-1-10(15)8-11(12)13(17)7-9-3-5-16-6-4-9/h1-6,8,13,17H,7H2. The molecule has 0 bridgehead atoms. The lowest BCUT2D eigenvalue weighted by Crippen LogP contribution is -2.02. The molecule has 17 heavy (non-hydrogen) atoms. The first kappa shape index (κ1) is 12.6. The van der Waals surface area contributed by atoms with Gasteiger partial charge in [-0.05, 0) is 41.5 Å². The van der Waals surface area contributed by atoms with E-state index in [2.05, 4.69) is 20.9 Å². The van der Waals surface area contributed by atoms with Crippen LogP contribution in [-0.4, -0.2) is 10.1 Å². The van der Waals surface area contributed by atoms with Gasteiger partial charge in [0.1, 0.15) is 0 Å². The van der Waals surface area contributed by atoms with Crippen molar-refractivity contribution in [2.45, 2.75) is 12.5 Å². The average molecular weight is 313 g/mol. The molecule has 1 heterocycles. The van der Waals surface area contributed by atoms with Crippen molar-refractivity contribution in [1.29, 1.82) is 0 Å². The molecule has 0 aliphatic rings. The molecule has 0 aliphatic heterocycles. The van der Waals surface area contributed by atoms with Crippen LogP contribution < -0.4 is 0 Å². The Kier molecular flexibility index (Phi) is 4.15. The number of aliphatic hydroxyl groups is 1. The number of hydrogen-bond donors (Lipinski definition) is 1. The topological polar surface area (TPSA) is 33.1 Å². The maximum absolute atomic E-state index is 10.2. The summed E-state index contributed by atoms with van der Waals surface area (Å²) in [7, 11) is 0. The summed E-state index contributed by atoms with van der Waals surface area (Å²) in [4.78, 5) is 3.95. The molecule has 0 fully saturated rings. The molecule has 88 valence electrons. The number of halogens is 2. The lowest BCUT2D eigenvalue weighted by Gasteiger charge is -2.13. The first-order valence-electron chi connectivity index (χ1n) is 5.19. The van der Waals surface area contributed by atoms with Crippen LogP contribution in [0, 0.1) is 0 Å². The van der Waals surface area contributed by atoms with Crippen LogP contribution in [0.15, 0.2) is 47.2 Å². The van der Waals surface area contributed by atoms with E-state index in [-0.39, 0.29) is 0 Å². The molecule has 0 saturated carbocycles. The Bertz CT molecular complexity index is 504. The Morgan fingerprint density at radius 1 is 1.24 bits per heavy atom. The molecule has 1 aromatic carbocycles. The lowest BCUT2D eigenvalue weighted by molar-refractivity contribution is 0.177. The smallest absolute Gasteiger partial charge is 0.0841 e. The minimum Gasteiger partial charge on any atom is -0.388 e. The van der Waals surface area contributed by atoms with Gasteiger partial charge in [-0.2, -0.15) is 0 Å². The van der Waals surface area contributed by atoms with Crippen LogP contribution in [-0.2, 0) is 6.42 Å². The summed E-state index contributed by atoms with van der Waals surface area (Å²) in [6.45, 7) is 0. The summed E-state index contributed by atoms with van der Waals surface area (Å²) >= 11 is 9.34. The fourth-order valence-electron chi connectivity index (χ4n) is 1.62. The largest absolute Gasteiger partial charge is 0.388 e. The Balaban J connectivity index is 2.20. The minimum atomic E-state index is -0.578. The second-order valence-electron chi connectivity index (χ2n) is 3.74. The summed E-state index contributed by atoms with van der Waals surface area (Å²) in [6, 6.07) is 9.18. The van der Waals surface area contributed by atoms with Gasteiger partial charge in [-0.3, -0.25) is 4.98 Å². The Morgan fingerprint density at radius 2 is 1.94 bits per heavy atom. The monoisotopic (exact) mass is 311 g/mol. The van der Waals surface area contributed by atoms with Gasteiger partial charge < -0.3 is 5.11 Å². The first-order valence-corrected chi connectivity index (χ1v) is 6.36. The maximum Gasteiger partial charge on any atom is 0.0841 e. The highest BCUT2D eigenvalue weighted by atomic mass is 79.9. The zero-order valence-corrected chi connectivity index (χ0v) is 11.3. The van der Waals surface area contributed by atoms with Gasteiger partial charge in [0.15, 0.2) is 0 Å². The quantitative estimate of drug-likeness (QED) is 0.936. The van der Waals surface area contributed by atoms with Gasteiger partial charge >= 0.3 is 0 Å². The Hall–Kier alpha value is -0.900. The second-order valence-corrected chi connectivity index (χ2v) is 5.03. The number of nitrogens with zero attached hydrogens (tertiary/aromatic N) is 1. The van der Waals surface area contributed by atoms with Crippen LogP contribution in [0.25, 0.3) is 0 Å². The molecular formula is C13H11BrClNO. The van der Waals surface area contributed by atoms with E-state index in [9.17, 15) is 5.11 Å². The third-order valence-electron chi connectivity index (χ3n) is 2.50. The molecule has 0 radical (unpaired) electrons. The van der Waals surface area contributed by atoms with Gasteiger partial charge in [-0.25, -0.2) is 0 Å². The van der Waals surface area contributed by atoms with Gasteiger partial charge in [-0.1, -0.05) is 27.5 Å². The van der Waals surface area contributed by atoms with Crippen molar-refractivity contribution in [3.05, 3.63) is 63.3 Å². The summed E-state index contributed by atoms with van der Waals surface area (Å²) in [6.07, 6.45) is 3.40. The highest BCUT2D eigenvalue weighted by Gasteiger charge is 2.12. The molecule has 0 aliphatic carbocycles. The van der Waals surface area contributed by atoms with E-state index >= 15 is 0 Å². The van der Waals surface area contributed by atoms with Crippen molar-refractivity contribution in [3.63, 3.8) is 0 Å². The number of aliphatic hydroxyl groups excluding tert-OH is 1. The summed E-state index contributed by atoms with van der Waals surface area (Å²) in [5.74, 6) is 0. The van der Waals surface area contributed by atoms with Crippen molar-refractivity contribution in [3.8, 4) is 0 Å². The van der Waals surface area contributed by atoms with Crippen LogP contribution in [0.3, 0.4) is 0 Å². The number of benzene rings is 1. The van der Waals surface area contributed by atoms with E-state index in [0.717, 1.165) is 15.6 Å². The third-order valence-corrected chi connectivity index (χ3v) is 3.45. The van der Waals surface area contributed by atoms with E-state index < -0.39 is 6.10 Å². The molecule has 0 spiro atoms. The average Bonchev–Trinajstić information content (AvgIpc) is 2.33. The molecule has 2 nitrogen and oxygen atoms in total. The van der Waals surface area contributed by atoms with E-state index in [0.29, 0.717) is 11.4 Å². The zero-order chi connectivity index (χ0) is 12.3. The third kappa shape index (κ3) is 3.28. The van der Waals surface area contributed by atoms with Crippen LogP contribution in [0.2, 0.25) is 5.02 Å². The highest BCUT2D eigenvalue weighted by molar-refractivity contribution is 9.10. The van der Waals surface area contributed by atoms with Crippen molar-refractivity contribution in [2.75, 3.05) is 0 Å². The van der Waals surface area contributed by atoms with Crippen LogP contribution in [0.1, 0.15) is 17.2 Å².